The van der Waals surface area contributed by atoms with E-state index >= 15 is 0 Å². The van der Waals surface area contributed by atoms with Gasteiger partial charge in [-0.15, -0.1) is 6.58 Å². The molecule has 0 aromatic carbocycles. The SMILES string of the molecule is C=C[C@@H](C)[C@H](C)/C(=C/C(=O)O)N1CCC[C@H]1C. The van der Waals surface area contributed by atoms with E-state index in [2.05, 4.69) is 32.3 Å². The molecule has 0 aromatic rings. The third-order valence-corrected chi connectivity index (χ3v) is 3.78. The van der Waals surface area contributed by atoms with E-state index in [4.69, 9.17) is 5.11 Å². The molecule has 0 bridgehead atoms. The highest BCUT2D eigenvalue weighted by molar-refractivity contribution is 5.80. The molecule has 0 radical (unpaired) electrons. The van der Waals surface area contributed by atoms with Gasteiger partial charge >= 0.3 is 5.97 Å². The van der Waals surface area contributed by atoms with Gasteiger partial charge in [0, 0.05) is 30.3 Å². The summed E-state index contributed by atoms with van der Waals surface area (Å²) >= 11 is 0. The van der Waals surface area contributed by atoms with Gasteiger partial charge in [0.1, 0.15) is 0 Å². The first kappa shape index (κ1) is 13.8. The molecule has 0 aliphatic carbocycles. The first-order chi connectivity index (χ1) is 7.97. The summed E-state index contributed by atoms with van der Waals surface area (Å²) in [6.45, 7) is 11.1. The minimum Gasteiger partial charge on any atom is -0.478 e. The highest BCUT2D eigenvalue weighted by atomic mass is 16.4. The monoisotopic (exact) mass is 237 g/mol. The number of aliphatic carboxylic acids is 1. The quantitative estimate of drug-likeness (QED) is 0.590. The summed E-state index contributed by atoms with van der Waals surface area (Å²) in [5, 5.41) is 9.00. The average Bonchev–Trinajstić information content (AvgIpc) is 2.70. The summed E-state index contributed by atoms with van der Waals surface area (Å²) < 4.78 is 0. The third-order valence-electron chi connectivity index (χ3n) is 3.78. The van der Waals surface area contributed by atoms with E-state index in [1.54, 1.807) is 0 Å². The lowest BCUT2D eigenvalue weighted by Gasteiger charge is -2.32. The molecule has 0 unspecified atom stereocenters. The van der Waals surface area contributed by atoms with Crippen molar-refractivity contribution < 1.29 is 9.90 Å². The zero-order valence-electron chi connectivity index (χ0n) is 11.0. The van der Waals surface area contributed by atoms with Crippen LogP contribution in [0.4, 0.5) is 0 Å². The number of carboxylic acids is 1. The molecule has 1 rings (SSSR count). The molecule has 0 saturated carbocycles. The Labute approximate surface area is 104 Å². The lowest BCUT2D eigenvalue weighted by Crippen LogP contribution is -2.31. The Morgan fingerprint density at radius 2 is 2.18 bits per heavy atom. The number of allylic oxidation sites excluding steroid dienone is 2. The fourth-order valence-electron chi connectivity index (χ4n) is 2.39. The second kappa shape index (κ2) is 5.89. The molecule has 1 heterocycles. The number of nitrogens with zero attached hydrogens (tertiary/aromatic N) is 1. The lowest BCUT2D eigenvalue weighted by atomic mass is 9.91. The van der Waals surface area contributed by atoms with Gasteiger partial charge in [-0.3, -0.25) is 0 Å². The molecule has 17 heavy (non-hydrogen) atoms. The van der Waals surface area contributed by atoms with Gasteiger partial charge in [0.25, 0.3) is 0 Å². The van der Waals surface area contributed by atoms with Crippen LogP contribution in [0, 0.1) is 11.8 Å². The Morgan fingerprint density at radius 1 is 1.53 bits per heavy atom. The highest BCUT2D eigenvalue weighted by Crippen LogP contribution is 2.30. The number of likely N-dealkylation sites (tertiary alicyclic amines) is 1. The zero-order valence-corrected chi connectivity index (χ0v) is 11.0. The molecule has 3 nitrogen and oxygen atoms in total. The molecule has 1 fully saturated rings. The van der Waals surface area contributed by atoms with E-state index in [0.29, 0.717) is 6.04 Å². The first-order valence-electron chi connectivity index (χ1n) is 6.31. The van der Waals surface area contributed by atoms with E-state index in [0.717, 1.165) is 25.1 Å². The lowest BCUT2D eigenvalue weighted by molar-refractivity contribution is -0.131. The summed E-state index contributed by atoms with van der Waals surface area (Å²) in [5.41, 5.74) is 0.940. The van der Waals surface area contributed by atoms with E-state index in [1.165, 1.54) is 6.08 Å². The van der Waals surface area contributed by atoms with Crippen LogP contribution in [-0.4, -0.2) is 28.6 Å². The molecule has 3 heteroatoms. The maximum atomic E-state index is 11.0. The average molecular weight is 237 g/mol. The minimum atomic E-state index is -0.859. The molecule has 0 amide bonds. The normalized spacial score (nSPS) is 24.5. The molecule has 96 valence electrons. The second-order valence-electron chi connectivity index (χ2n) is 4.98. The number of rotatable bonds is 5. The maximum Gasteiger partial charge on any atom is 0.330 e. The summed E-state index contributed by atoms with van der Waals surface area (Å²) in [5.74, 6) is -0.375. The van der Waals surface area contributed by atoms with Crippen molar-refractivity contribution in [3.05, 3.63) is 24.4 Å². The molecule has 3 atom stereocenters. The van der Waals surface area contributed by atoms with E-state index < -0.39 is 5.97 Å². The summed E-state index contributed by atoms with van der Waals surface area (Å²) in [6, 6.07) is 0.445. The standard InChI is InChI=1S/C14H23NO2/c1-5-10(2)12(4)13(9-14(16)17)15-8-6-7-11(15)3/h5,9-12H,1,6-8H2,2-4H3,(H,16,17)/b13-9-/t10-,11-,12+/m1/s1. The fraction of sp³-hybridized carbons (Fsp3) is 0.643. The molecule has 1 saturated heterocycles. The molecule has 1 N–H and O–H groups in total. The van der Waals surface area contributed by atoms with Gasteiger partial charge in [0.05, 0.1) is 0 Å². The predicted octanol–water partition coefficient (Wildman–Crippen LogP) is 2.90. The van der Waals surface area contributed by atoms with Gasteiger partial charge < -0.3 is 10.0 Å². The van der Waals surface area contributed by atoms with Crippen molar-refractivity contribution in [3.63, 3.8) is 0 Å². The van der Waals surface area contributed by atoms with Crippen LogP contribution in [0.2, 0.25) is 0 Å². The second-order valence-corrected chi connectivity index (χ2v) is 4.98. The summed E-state index contributed by atoms with van der Waals surface area (Å²) in [7, 11) is 0. The number of carboxylic acid groups (broad SMARTS) is 1. The molecular weight excluding hydrogens is 214 g/mol. The molecule has 1 aliphatic heterocycles. The number of hydrogen-bond acceptors (Lipinski definition) is 2. The van der Waals surface area contributed by atoms with Crippen molar-refractivity contribution in [1.82, 2.24) is 4.90 Å². The smallest absolute Gasteiger partial charge is 0.330 e. The minimum absolute atomic E-state index is 0.198. The van der Waals surface area contributed by atoms with Crippen LogP contribution < -0.4 is 0 Å². The molecule has 1 aliphatic rings. The van der Waals surface area contributed by atoms with Crippen molar-refractivity contribution in [3.8, 4) is 0 Å². The van der Waals surface area contributed by atoms with Crippen LogP contribution in [0.1, 0.15) is 33.6 Å². The molecular formula is C14H23NO2. The van der Waals surface area contributed by atoms with Crippen LogP contribution in [0.3, 0.4) is 0 Å². The Kier molecular flexibility index (Phi) is 4.79. The first-order valence-corrected chi connectivity index (χ1v) is 6.31. The van der Waals surface area contributed by atoms with Gasteiger partial charge in [-0.05, 0) is 25.7 Å². The Balaban J connectivity index is 2.95. The molecule has 0 aromatic heterocycles. The van der Waals surface area contributed by atoms with Crippen molar-refractivity contribution in [2.45, 2.75) is 39.7 Å². The van der Waals surface area contributed by atoms with Crippen LogP contribution in [0.25, 0.3) is 0 Å². The summed E-state index contributed by atoms with van der Waals surface area (Å²) in [4.78, 5) is 13.2. The van der Waals surface area contributed by atoms with Crippen LogP contribution in [0.15, 0.2) is 24.4 Å². The van der Waals surface area contributed by atoms with E-state index in [-0.39, 0.29) is 11.8 Å². The highest BCUT2D eigenvalue weighted by Gasteiger charge is 2.27. The van der Waals surface area contributed by atoms with Crippen molar-refractivity contribution in [2.75, 3.05) is 6.54 Å². The van der Waals surface area contributed by atoms with Gasteiger partial charge in [-0.25, -0.2) is 4.79 Å². The van der Waals surface area contributed by atoms with Crippen LogP contribution in [-0.2, 0) is 4.79 Å². The Morgan fingerprint density at radius 3 is 2.59 bits per heavy atom. The van der Waals surface area contributed by atoms with E-state index in [1.807, 2.05) is 6.08 Å². The maximum absolute atomic E-state index is 11.0. The topological polar surface area (TPSA) is 40.5 Å². The Bertz CT molecular complexity index is 322. The van der Waals surface area contributed by atoms with Gasteiger partial charge in [-0.2, -0.15) is 0 Å². The van der Waals surface area contributed by atoms with Crippen LogP contribution in [0.5, 0.6) is 0 Å². The fourth-order valence-corrected chi connectivity index (χ4v) is 2.39. The number of hydrogen-bond donors (Lipinski definition) is 1. The van der Waals surface area contributed by atoms with Crippen molar-refractivity contribution in [1.29, 1.82) is 0 Å². The van der Waals surface area contributed by atoms with Crippen molar-refractivity contribution in [2.24, 2.45) is 11.8 Å². The van der Waals surface area contributed by atoms with Crippen molar-refractivity contribution >= 4 is 5.97 Å². The Hall–Kier alpha value is -1.25. The largest absolute Gasteiger partial charge is 0.478 e. The number of carbonyl (C=O) groups is 1. The van der Waals surface area contributed by atoms with Gasteiger partial charge in [0.2, 0.25) is 0 Å². The zero-order chi connectivity index (χ0) is 13.0. The van der Waals surface area contributed by atoms with Gasteiger partial charge in [-0.1, -0.05) is 19.9 Å². The molecule has 0 spiro atoms. The summed E-state index contributed by atoms with van der Waals surface area (Å²) in [6.07, 6.45) is 5.55. The van der Waals surface area contributed by atoms with E-state index in [9.17, 15) is 4.79 Å². The van der Waals surface area contributed by atoms with Crippen LogP contribution >= 0.6 is 0 Å². The third kappa shape index (κ3) is 3.35. The van der Waals surface area contributed by atoms with Gasteiger partial charge in [0.15, 0.2) is 0 Å². The predicted molar refractivity (Wildman–Crippen MR) is 69.6 cm³/mol.